The Labute approximate surface area is 67.5 Å². The maximum absolute atomic E-state index is 5.11. The number of nitrogens with zero attached hydrogens (tertiary/aromatic N) is 1. The average Bonchev–Trinajstić information content (AvgIpc) is 2.31. The van der Waals surface area contributed by atoms with Gasteiger partial charge in [0.1, 0.15) is 5.76 Å². The zero-order chi connectivity index (χ0) is 7.40. The maximum atomic E-state index is 5.11. The van der Waals surface area contributed by atoms with Crippen LogP contribution in [0.1, 0.15) is 5.76 Å². The number of hydrogen-bond acceptors (Lipinski definition) is 3. The molecule has 10 heavy (non-hydrogen) atoms. The van der Waals surface area contributed by atoms with Crippen molar-refractivity contribution in [1.29, 1.82) is 0 Å². The van der Waals surface area contributed by atoms with E-state index in [-0.39, 0.29) is 0 Å². The monoisotopic (exact) mass is 205 g/mol. The van der Waals surface area contributed by atoms with Gasteiger partial charge in [0.15, 0.2) is 0 Å². The molecule has 0 radical (unpaired) electrons. The molecule has 4 heteroatoms. The Balaban J connectivity index is 2.42. The number of oxazole rings is 1. The van der Waals surface area contributed by atoms with E-state index in [0.717, 1.165) is 12.2 Å². The van der Waals surface area contributed by atoms with Gasteiger partial charge in [-0.25, -0.2) is 4.98 Å². The Morgan fingerprint density at radius 1 is 1.80 bits per heavy atom. The highest BCUT2D eigenvalue weighted by Crippen LogP contribution is 2.09. The van der Waals surface area contributed by atoms with Gasteiger partial charge in [-0.1, -0.05) is 0 Å². The van der Waals surface area contributed by atoms with Crippen molar-refractivity contribution in [2.24, 2.45) is 0 Å². The van der Waals surface area contributed by atoms with E-state index in [9.17, 15) is 0 Å². The number of methoxy groups -OCH3 is 1. The van der Waals surface area contributed by atoms with E-state index in [1.165, 1.54) is 0 Å². The minimum Gasteiger partial charge on any atom is -0.436 e. The van der Waals surface area contributed by atoms with E-state index in [1.807, 2.05) is 0 Å². The summed E-state index contributed by atoms with van der Waals surface area (Å²) >= 11 is 3.11. The minimum atomic E-state index is 0.526. The first kappa shape index (κ1) is 7.75. The molecular formula is C6H8BrNO2. The van der Waals surface area contributed by atoms with Gasteiger partial charge in [0.05, 0.1) is 12.8 Å². The molecule has 0 bridgehead atoms. The lowest BCUT2D eigenvalue weighted by atomic mass is 10.4. The highest BCUT2D eigenvalue weighted by atomic mass is 79.9. The molecule has 1 rings (SSSR count). The molecule has 0 fully saturated rings. The molecule has 0 saturated heterocycles. The second-order valence-electron chi connectivity index (χ2n) is 1.82. The average molecular weight is 206 g/mol. The molecule has 1 heterocycles. The topological polar surface area (TPSA) is 35.3 Å². The summed E-state index contributed by atoms with van der Waals surface area (Å²) in [4.78, 5) is 4.39. The predicted molar refractivity (Wildman–Crippen MR) is 39.8 cm³/mol. The van der Waals surface area contributed by atoms with Crippen LogP contribution in [0.5, 0.6) is 0 Å². The van der Waals surface area contributed by atoms with Crippen LogP contribution < -0.4 is 0 Å². The number of ether oxygens (including phenoxy) is 1. The fraction of sp³-hybridized carbons (Fsp3) is 0.500. The molecule has 0 aromatic carbocycles. The standard InChI is InChI=1S/C6H8BrNO2/c1-9-3-2-5-4-8-6(7)10-5/h4H,2-3H2,1H3. The van der Waals surface area contributed by atoms with Crippen molar-refractivity contribution in [3.05, 3.63) is 16.8 Å². The van der Waals surface area contributed by atoms with Gasteiger partial charge in [0.25, 0.3) is 4.80 Å². The van der Waals surface area contributed by atoms with Crippen LogP contribution in [0.2, 0.25) is 0 Å². The summed E-state index contributed by atoms with van der Waals surface area (Å²) in [7, 11) is 1.66. The third kappa shape index (κ3) is 2.11. The lowest BCUT2D eigenvalue weighted by Gasteiger charge is -1.91. The summed E-state index contributed by atoms with van der Waals surface area (Å²) in [5.41, 5.74) is 0. The Bertz CT molecular complexity index is 199. The number of hydrogen-bond donors (Lipinski definition) is 0. The Morgan fingerprint density at radius 2 is 2.60 bits per heavy atom. The van der Waals surface area contributed by atoms with Gasteiger partial charge in [-0.3, -0.25) is 0 Å². The van der Waals surface area contributed by atoms with Gasteiger partial charge in [-0.05, 0) is 0 Å². The molecule has 1 aromatic heterocycles. The first-order valence-electron chi connectivity index (χ1n) is 2.92. The Hall–Kier alpha value is -0.350. The molecule has 0 N–H and O–H groups in total. The molecule has 3 nitrogen and oxygen atoms in total. The number of aromatic nitrogens is 1. The summed E-state index contributed by atoms with van der Waals surface area (Å²) in [5.74, 6) is 0.841. The molecule has 0 saturated carbocycles. The lowest BCUT2D eigenvalue weighted by molar-refractivity contribution is 0.196. The van der Waals surface area contributed by atoms with Crippen LogP contribution in [0, 0.1) is 0 Å². The maximum Gasteiger partial charge on any atom is 0.264 e. The first-order valence-corrected chi connectivity index (χ1v) is 3.71. The van der Waals surface area contributed by atoms with Crippen molar-refractivity contribution < 1.29 is 9.15 Å². The molecule has 0 amide bonds. The van der Waals surface area contributed by atoms with Crippen LogP contribution in [0.3, 0.4) is 0 Å². The smallest absolute Gasteiger partial charge is 0.264 e. The molecule has 0 aliphatic carbocycles. The van der Waals surface area contributed by atoms with Crippen molar-refractivity contribution >= 4 is 15.9 Å². The van der Waals surface area contributed by atoms with E-state index in [1.54, 1.807) is 13.3 Å². The molecule has 0 aliphatic rings. The quantitative estimate of drug-likeness (QED) is 0.753. The van der Waals surface area contributed by atoms with Crippen molar-refractivity contribution in [2.45, 2.75) is 6.42 Å². The van der Waals surface area contributed by atoms with Gasteiger partial charge < -0.3 is 9.15 Å². The SMILES string of the molecule is COCCc1cnc(Br)o1. The molecule has 0 spiro atoms. The third-order valence-electron chi connectivity index (χ3n) is 1.08. The predicted octanol–water partition coefficient (Wildman–Crippen LogP) is 1.63. The van der Waals surface area contributed by atoms with Crippen molar-refractivity contribution in [2.75, 3.05) is 13.7 Å². The van der Waals surface area contributed by atoms with Crippen molar-refractivity contribution in [1.82, 2.24) is 4.98 Å². The van der Waals surface area contributed by atoms with E-state index < -0.39 is 0 Å². The van der Waals surface area contributed by atoms with Crippen LogP contribution >= 0.6 is 15.9 Å². The third-order valence-corrected chi connectivity index (χ3v) is 1.44. The van der Waals surface area contributed by atoms with Gasteiger partial charge in [-0.15, -0.1) is 0 Å². The Morgan fingerprint density at radius 3 is 3.10 bits per heavy atom. The fourth-order valence-corrected chi connectivity index (χ4v) is 0.912. The van der Waals surface area contributed by atoms with E-state index in [2.05, 4.69) is 20.9 Å². The first-order chi connectivity index (χ1) is 4.83. The number of rotatable bonds is 3. The second kappa shape index (κ2) is 3.73. The summed E-state index contributed by atoms with van der Waals surface area (Å²) < 4.78 is 9.96. The molecule has 0 atom stereocenters. The zero-order valence-corrected chi connectivity index (χ0v) is 7.22. The summed E-state index contributed by atoms with van der Waals surface area (Å²) in [6.07, 6.45) is 2.46. The number of halogens is 1. The molecule has 0 unspecified atom stereocenters. The molecule has 1 aromatic rings. The summed E-state index contributed by atoms with van der Waals surface area (Å²) in [6.45, 7) is 0.668. The van der Waals surface area contributed by atoms with Gasteiger partial charge in [0.2, 0.25) is 0 Å². The highest BCUT2D eigenvalue weighted by Gasteiger charge is 1.98. The van der Waals surface area contributed by atoms with Crippen LogP contribution in [-0.2, 0) is 11.2 Å². The highest BCUT2D eigenvalue weighted by molar-refractivity contribution is 9.10. The van der Waals surface area contributed by atoms with E-state index in [0.29, 0.717) is 11.4 Å². The largest absolute Gasteiger partial charge is 0.436 e. The van der Waals surface area contributed by atoms with Crippen LogP contribution in [-0.4, -0.2) is 18.7 Å². The molecule has 0 aliphatic heterocycles. The zero-order valence-electron chi connectivity index (χ0n) is 5.63. The molecule has 56 valence electrons. The summed E-state index contributed by atoms with van der Waals surface area (Å²) in [5, 5.41) is 0. The van der Waals surface area contributed by atoms with Crippen LogP contribution in [0.25, 0.3) is 0 Å². The van der Waals surface area contributed by atoms with Crippen LogP contribution in [0.4, 0.5) is 0 Å². The Kier molecular flexibility index (Phi) is 2.89. The van der Waals surface area contributed by atoms with Gasteiger partial charge in [0, 0.05) is 29.5 Å². The van der Waals surface area contributed by atoms with Gasteiger partial charge in [-0.2, -0.15) is 0 Å². The van der Waals surface area contributed by atoms with E-state index >= 15 is 0 Å². The summed E-state index contributed by atoms with van der Waals surface area (Å²) in [6, 6.07) is 0. The van der Waals surface area contributed by atoms with E-state index in [4.69, 9.17) is 9.15 Å². The molecular weight excluding hydrogens is 198 g/mol. The van der Waals surface area contributed by atoms with Crippen molar-refractivity contribution in [3.8, 4) is 0 Å². The fourth-order valence-electron chi connectivity index (χ4n) is 0.602. The normalized spacial score (nSPS) is 10.2. The van der Waals surface area contributed by atoms with Crippen molar-refractivity contribution in [3.63, 3.8) is 0 Å². The minimum absolute atomic E-state index is 0.526. The lowest BCUT2D eigenvalue weighted by Crippen LogP contribution is -1.91. The second-order valence-corrected chi connectivity index (χ2v) is 2.50. The van der Waals surface area contributed by atoms with Crippen LogP contribution in [0.15, 0.2) is 15.4 Å². The van der Waals surface area contributed by atoms with Gasteiger partial charge >= 0.3 is 0 Å².